The Hall–Kier alpha value is -2.71. The molecule has 0 fully saturated rings. The molecule has 0 bridgehead atoms. The Kier molecular flexibility index (Phi) is 9.02. The zero-order valence-electron chi connectivity index (χ0n) is 21.4. The minimum atomic E-state index is -4.01. The fourth-order valence-electron chi connectivity index (χ4n) is 4.24. The number of sulfonamides is 1. The number of nitrogens with zero attached hydrogens (tertiary/aromatic N) is 1. The molecular weight excluding hydrogens is 452 g/mol. The van der Waals surface area contributed by atoms with Crippen molar-refractivity contribution in [2.24, 2.45) is 0 Å². The molecule has 7 nitrogen and oxygen atoms in total. The highest BCUT2D eigenvalue weighted by Gasteiger charge is 2.26. The SMILES string of the molecule is COC(=O)c1cc(C(C)C)c(CC(=O)NS(=O)(=O)c2ccc(CN(C)C)cc2)c(C(C)C)c1C. The summed E-state index contributed by atoms with van der Waals surface area (Å²) in [4.78, 5) is 27.3. The van der Waals surface area contributed by atoms with E-state index in [1.165, 1.54) is 19.2 Å². The number of benzene rings is 2. The Morgan fingerprint density at radius 3 is 2.09 bits per heavy atom. The maximum absolute atomic E-state index is 13.0. The van der Waals surface area contributed by atoms with E-state index in [2.05, 4.69) is 4.72 Å². The second-order valence-electron chi connectivity index (χ2n) is 9.42. The van der Waals surface area contributed by atoms with Crippen molar-refractivity contribution in [3.8, 4) is 0 Å². The molecule has 0 heterocycles. The number of ether oxygens (including phenoxy) is 1. The number of rotatable bonds is 9. The monoisotopic (exact) mass is 488 g/mol. The van der Waals surface area contributed by atoms with Crippen molar-refractivity contribution in [3.05, 3.63) is 63.7 Å². The number of carbonyl (C=O) groups excluding carboxylic acids is 2. The Morgan fingerprint density at radius 2 is 1.62 bits per heavy atom. The summed E-state index contributed by atoms with van der Waals surface area (Å²) in [5.74, 6) is -1.01. The van der Waals surface area contributed by atoms with E-state index in [1.54, 1.807) is 18.2 Å². The second-order valence-corrected chi connectivity index (χ2v) is 11.1. The first-order valence-electron chi connectivity index (χ1n) is 11.3. The van der Waals surface area contributed by atoms with Crippen LogP contribution >= 0.6 is 0 Å². The third kappa shape index (κ3) is 6.45. The van der Waals surface area contributed by atoms with Crippen LogP contribution in [0.5, 0.6) is 0 Å². The molecule has 2 aromatic rings. The number of hydrogen-bond donors (Lipinski definition) is 1. The van der Waals surface area contributed by atoms with E-state index in [1.807, 2.05) is 53.6 Å². The Bertz CT molecular complexity index is 1150. The third-order valence-electron chi connectivity index (χ3n) is 5.70. The van der Waals surface area contributed by atoms with E-state index >= 15 is 0 Å². The number of methoxy groups -OCH3 is 1. The largest absolute Gasteiger partial charge is 0.465 e. The molecule has 0 aliphatic heterocycles. The number of carbonyl (C=O) groups is 2. The van der Waals surface area contributed by atoms with E-state index in [4.69, 9.17) is 4.74 Å². The molecule has 2 aromatic carbocycles. The third-order valence-corrected chi connectivity index (χ3v) is 7.09. The van der Waals surface area contributed by atoms with E-state index in [0.29, 0.717) is 12.1 Å². The molecule has 34 heavy (non-hydrogen) atoms. The predicted molar refractivity (Wildman–Crippen MR) is 134 cm³/mol. The van der Waals surface area contributed by atoms with Gasteiger partial charge >= 0.3 is 5.97 Å². The lowest BCUT2D eigenvalue weighted by Crippen LogP contribution is -2.32. The van der Waals surface area contributed by atoms with Crippen LogP contribution in [0.3, 0.4) is 0 Å². The number of amides is 1. The van der Waals surface area contributed by atoms with Crippen molar-refractivity contribution in [1.82, 2.24) is 9.62 Å². The van der Waals surface area contributed by atoms with Gasteiger partial charge in [0.15, 0.2) is 0 Å². The smallest absolute Gasteiger partial charge is 0.338 e. The molecule has 0 spiro atoms. The van der Waals surface area contributed by atoms with Crippen molar-refractivity contribution in [1.29, 1.82) is 0 Å². The molecule has 8 heteroatoms. The van der Waals surface area contributed by atoms with Crippen LogP contribution in [-0.4, -0.2) is 46.4 Å². The van der Waals surface area contributed by atoms with Gasteiger partial charge in [-0.25, -0.2) is 17.9 Å². The van der Waals surface area contributed by atoms with E-state index in [9.17, 15) is 18.0 Å². The average Bonchev–Trinajstić information content (AvgIpc) is 2.72. The van der Waals surface area contributed by atoms with Gasteiger partial charge in [0, 0.05) is 6.54 Å². The van der Waals surface area contributed by atoms with Gasteiger partial charge in [0.2, 0.25) is 5.91 Å². The molecule has 0 aliphatic rings. The summed E-state index contributed by atoms with van der Waals surface area (Å²) < 4.78 is 32.9. The molecule has 0 unspecified atom stereocenters. The lowest BCUT2D eigenvalue weighted by Gasteiger charge is -2.24. The second kappa shape index (κ2) is 11.1. The van der Waals surface area contributed by atoms with Crippen LogP contribution in [0, 0.1) is 6.92 Å². The van der Waals surface area contributed by atoms with Crippen LogP contribution in [0.2, 0.25) is 0 Å². The first-order chi connectivity index (χ1) is 15.8. The van der Waals surface area contributed by atoms with Gasteiger partial charge in [0.05, 0.1) is 24.0 Å². The van der Waals surface area contributed by atoms with Crippen molar-refractivity contribution in [2.45, 2.75) is 64.3 Å². The molecule has 0 aromatic heterocycles. The van der Waals surface area contributed by atoms with Gasteiger partial charge in [0.25, 0.3) is 10.0 Å². The summed E-state index contributed by atoms with van der Waals surface area (Å²) in [6.45, 7) is 10.4. The van der Waals surface area contributed by atoms with Gasteiger partial charge in [-0.2, -0.15) is 0 Å². The lowest BCUT2D eigenvalue weighted by atomic mass is 9.82. The van der Waals surface area contributed by atoms with E-state index < -0.39 is 21.9 Å². The molecule has 0 radical (unpaired) electrons. The van der Waals surface area contributed by atoms with Crippen LogP contribution in [0.25, 0.3) is 0 Å². The molecule has 2 rings (SSSR count). The molecule has 186 valence electrons. The molecular formula is C26H36N2O5S. The first kappa shape index (κ1) is 27.5. The molecule has 0 aliphatic carbocycles. The highest BCUT2D eigenvalue weighted by atomic mass is 32.2. The summed E-state index contributed by atoms with van der Waals surface area (Å²) in [6, 6.07) is 8.24. The normalized spacial score (nSPS) is 11.9. The van der Waals surface area contributed by atoms with Crippen molar-refractivity contribution >= 4 is 21.9 Å². The zero-order valence-corrected chi connectivity index (χ0v) is 22.2. The summed E-state index contributed by atoms with van der Waals surface area (Å²) in [5.41, 5.74) is 4.63. The molecule has 1 N–H and O–H groups in total. The summed E-state index contributed by atoms with van der Waals surface area (Å²) in [5, 5.41) is 0. The lowest BCUT2D eigenvalue weighted by molar-refractivity contribution is -0.118. The van der Waals surface area contributed by atoms with Crippen molar-refractivity contribution in [2.75, 3.05) is 21.2 Å². The summed E-state index contributed by atoms with van der Waals surface area (Å²) in [6.07, 6.45) is -0.110. The van der Waals surface area contributed by atoms with Crippen molar-refractivity contribution < 1.29 is 22.7 Å². The van der Waals surface area contributed by atoms with Crippen molar-refractivity contribution in [3.63, 3.8) is 0 Å². The van der Waals surface area contributed by atoms with Crippen LogP contribution in [0.1, 0.15) is 77.7 Å². The highest BCUT2D eigenvalue weighted by molar-refractivity contribution is 7.90. The quantitative estimate of drug-likeness (QED) is 0.534. The molecule has 0 atom stereocenters. The standard InChI is InChI=1S/C26H36N2O5S/c1-16(2)21-13-22(26(30)33-8)18(5)25(17(3)4)23(21)14-24(29)27-34(31,32)20-11-9-19(10-12-20)15-28(6)7/h9-13,16-17H,14-15H2,1-8H3,(H,27,29). The Morgan fingerprint density at radius 1 is 1.03 bits per heavy atom. The molecule has 0 saturated carbocycles. The van der Waals surface area contributed by atoms with Gasteiger partial charge in [-0.3, -0.25) is 4.79 Å². The Labute approximate surface area is 203 Å². The van der Waals surface area contributed by atoms with Gasteiger partial charge in [0.1, 0.15) is 0 Å². The van der Waals surface area contributed by atoms with E-state index in [0.717, 1.165) is 27.8 Å². The van der Waals surface area contributed by atoms with Gasteiger partial charge in [-0.05, 0) is 78.9 Å². The number of nitrogens with one attached hydrogen (secondary N) is 1. The van der Waals surface area contributed by atoms with E-state index in [-0.39, 0.29) is 23.2 Å². The topological polar surface area (TPSA) is 92.8 Å². The summed E-state index contributed by atoms with van der Waals surface area (Å²) in [7, 11) is 1.19. The fourth-order valence-corrected chi connectivity index (χ4v) is 5.22. The summed E-state index contributed by atoms with van der Waals surface area (Å²) >= 11 is 0. The fraction of sp³-hybridized carbons (Fsp3) is 0.462. The van der Waals surface area contributed by atoms with Crippen LogP contribution in [0.15, 0.2) is 35.2 Å². The average molecular weight is 489 g/mol. The van der Waals surface area contributed by atoms with Gasteiger partial charge in [-0.1, -0.05) is 39.8 Å². The number of esters is 1. The van der Waals surface area contributed by atoms with Gasteiger partial charge in [-0.15, -0.1) is 0 Å². The first-order valence-corrected chi connectivity index (χ1v) is 12.8. The molecule has 1 amide bonds. The maximum Gasteiger partial charge on any atom is 0.338 e. The maximum atomic E-state index is 13.0. The van der Waals surface area contributed by atoms with Crippen LogP contribution < -0.4 is 4.72 Å². The minimum Gasteiger partial charge on any atom is -0.465 e. The molecule has 0 saturated heterocycles. The minimum absolute atomic E-state index is 0.0187. The highest BCUT2D eigenvalue weighted by Crippen LogP contribution is 2.34. The van der Waals surface area contributed by atoms with Gasteiger partial charge < -0.3 is 9.64 Å². The zero-order chi connectivity index (χ0) is 25.8. The Balaban J connectivity index is 2.41. The van der Waals surface area contributed by atoms with Crippen LogP contribution in [-0.2, 0) is 32.5 Å². The number of hydrogen-bond acceptors (Lipinski definition) is 6. The van der Waals surface area contributed by atoms with Crippen LogP contribution in [0.4, 0.5) is 0 Å². The predicted octanol–water partition coefficient (Wildman–Crippen LogP) is 4.14.